The molecule has 0 amide bonds. The molecule has 3 aromatic rings. The molecule has 1 heterocycles. The number of aromatic nitrogens is 2. The van der Waals surface area contributed by atoms with Gasteiger partial charge in [-0.2, -0.15) is 10.2 Å². The summed E-state index contributed by atoms with van der Waals surface area (Å²) in [5.41, 5.74) is 3.43. The Bertz CT molecular complexity index is 1050. The lowest BCUT2D eigenvalue weighted by atomic mass is 10.0. The summed E-state index contributed by atoms with van der Waals surface area (Å²) in [6, 6.07) is 11.1. The van der Waals surface area contributed by atoms with Crippen molar-refractivity contribution in [3.63, 3.8) is 0 Å². The molecule has 5 nitrogen and oxygen atoms in total. The molecule has 27 heavy (non-hydrogen) atoms. The Kier molecular flexibility index (Phi) is 4.07. The second-order valence-electron chi connectivity index (χ2n) is 6.13. The lowest BCUT2D eigenvalue weighted by Gasteiger charge is -2.09. The number of rotatable bonds is 3. The van der Waals surface area contributed by atoms with Crippen molar-refractivity contribution in [1.82, 2.24) is 10.1 Å². The molecule has 1 aliphatic carbocycles. The molecule has 0 saturated heterocycles. The third kappa shape index (κ3) is 3.49. The van der Waals surface area contributed by atoms with Gasteiger partial charge >= 0.3 is 6.36 Å². The lowest BCUT2D eigenvalue weighted by molar-refractivity contribution is -0.274. The van der Waals surface area contributed by atoms with Crippen LogP contribution in [-0.2, 0) is 12.8 Å². The van der Waals surface area contributed by atoms with E-state index in [0.717, 1.165) is 42.5 Å². The molecule has 1 aromatic heterocycles. The zero-order chi connectivity index (χ0) is 19.0. The van der Waals surface area contributed by atoms with Crippen LogP contribution in [0.1, 0.15) is 23.1 Å². The van der Waals surface area contributed by atoms with Crippen molar-refractivity contribution in [3.05, 3.63) is 53.1 Å². The molecule has 0 radical (unpaired) electrons. The molecule has 0 fully saturated rings. The predicted octanol–water partition coefficient (Wildman–Crippen LogP) is 4.66. The van der Waals surface area contributed by atoms with Gasteiger partial charge in [-0.05, 0) is 48.6 Å². The van der Waals surface area contributed by atoms with Crippen LogP contribution in [0.15, 0.2) is 40.9 Å². The van der Waals surface area contributed by atoms with Gasteiger partial charge in [0.2, 0.25) is 5.82 Å². The molecule has 8 heteroatoms. The average Bonchev–Trinajstić information content (AvgIpc) is 3.29. The van der Waals surface area contributed by atoms with Gasteiger partial charge in [-0.3, -0.25) is 0 Å². The summed E-state index contributed by atoms with van der Waals surface area (Å²) < 4.78 is 46.7. The number of nitriles is 1. The highest BCUT2D eigenvalue weighted by Gasteiger charge is 2.31. The van der Waals surface area contributed by atoms with E-state index in [4.69, 9.17) is 9.78 Å². The molecular weight excluding hydrogens is 359 g/mol. The van der Waals surface area contributed by atoms with E-state index < -0.39 is 12.1 Å². The Balaban J connectivity index is 1.73. The van der Waals surface area contributed by atoms with Crippen LogP contribution in [0.3, 0.4) is 0 Å². The van der Waals surface area contributed by atoms with Crippen LogP contribution >= 0.6 is 0 Å². The molecule has 1 aliphatic rings. The highest BCUT2D eigenvalue weighted by atomic mass is 19.4. The molecular formula is C19H12F3N3O2. The summed E-state index contributed by atoms with van der Waals surface area (Å²) in [4.78, 5) is 4.32. The standard InChI is InChI=1S/C19H12F3N3O2/c20-19(21,22)26-14-8-11(10-23)7-13(9-14)18-24-17(25-27-18)16-6-2-4-12-3-1-5-15(12)16/h2,4,6-9H,1,3,5H2. The molecule has 0 saturated carbocycles. The van der Waals surface area contributed by atoms with Crippen LogP contribution in [0, 0.1) is 11.3 Å². The van der Waals surface area contributed by atoms with E-state index in [-0.39, 0.29) is 17.0 Å². The summed E-state index contributed by atoms with van der Waals surface area (Å²) in [6.45, 7) is 0. The van der Waals surface area contributed by atoms with Crippen LogP contribution < -0.4 is 4.74 Å². The summed E-state index contributed by atoms with van der Waals surface area (Å²) in [5.74, 6) is -0.133. The molecule has 4 rings (SSSR count). The van der Waals surface area contributed by atoms with Crippen molar-refractivity contribution < 1.29 is 22.4 Å². The maximum absolute atomic E-state index is 12.5. The monoisotopic (exact) mass is 371 g/mol. The maximum Gasteiger partial charge on any atom is 0.573 e. The van der Waals surface area contributed by atoms with Crippen LogP contribution in [0.2, 0.25) is 0 Å². The molecule has 0 atom stereocenters. The van der Waals surface area contributed by atoms with Crippen molar-refractivity contribution in [2.24, 2.45) is 0 Å². The Hall–Kier alpha value is -3.34. The fourth-order valence-corrected chi connectivity index (χ4v) is 3.26. The van der Waals surface area contributed by atoms with Gasteiger partial charge in [-0.1, -0.05) is 23.4 Å². The van der Waals surface area contributed by atoms with Crippen LogP contribution in [0.5, 0.6) is 5.75 Å². The van der Waals surface area contributed by atoms with Gasteiger partial charge in [0.05, 0.1) is 11.6 Å². The summed E-state index contributed by atoms with van der Waals surface area (Å²) in [7, 11) is 0. The molecule has 0 aliphatic heterocycles. The highest BCUT2D eigenvalue weighted by Crippen LogP contribution is 2.33. The van der Waals surface area contributed by atoms with Gasteiger partial charge in [0, 0.05) is 11.1 Å². The van der Waals surface area contributed by atoms with E-state index in [0.29, 0.717) is 5.82 Å². The van der Waals surface area contributed by atoms with Crippen molar-refractivity contribution in [2.75, 3.05) is 0 Å². The Morgan fingerprint density at radius 1 is 1.15 bits per heavy atom. The number of hydrogen-bond donors (Lipinski definition) is 0. The molecule has 2 aromatic carbocycles. The number of hydrogen-bond acceptors (Lipinski definition) is 5. The van der Waals surface area contributed by atoms with Crippen LogP contribution in [0.25, 0.3) is 22.8 Å². The molecule has 0 bridgehead atoms. The van der Waals surface area contributed by atoms with Gasteiger partial charge in [-0.15, -0.1) is 13.2 Å². The molecule has 0 spiro atoms. The van der Waals surface area contributed by atoms with Gasteiger partial charge in [0.25, 0.3) is 5.89 Å². The van der Waals surface area contributed by atoms with Crippen molar-refractivity contribution in [1.29, 1.82) is 5.26 Å². The minimum atomic E-state index is -4.87. The first-order valence-corrected chi connectivity index (χ1v) is 8.19. The first-order chi connectivity index (χ1) is 12.9. The molecule has 0 unspecified atom stereocenters. The van der Waals surface area contributed by atoms with Crippen molar-refractivity contribution >= 4 is 0 Å². The number of aryl methyl sites for hydroxylation is 1. The van der Waals surface area contributed by atoms with Gasteiger partial charge in [-0.25, -0.2) is 0 Å². The third-order valence-electron chi connectivity index (χ3n) is 4.33. The molecule has 0 N–H and O–H groups in total. The number of benzene rings is 2. The van der Waals surface area contributed by atoms with E-state index in [9.17, 15) is 13.2 Å². The van der Waals surface area contributed by atoms with E-state index in [1.165, 1.54) is 11.6 Å². The van der Waals surface area contributed by atoms with E-state index in [2.05, 4.69) is 20.9 Å². The number of fused-ring (bicyclic) bond motifs is 1. The number of ether oxygens (including phenoxy) is 1. The van der Waals surface area contributed by atoms with Crippen molar-refractivity contribution in [3.8, 4) is 34.7 Å². The fourth-order valence-electron chi connectivity index (χ4n) is 3.26. The Morgan fingerprint density at radius 2 is 2.00 bits per heavy atom. The second-order valence-corrected chi connectivity index (χ2v) is 6.13. The fraction of sp³-hybridized carbons (Fsp3) is 0.211. The normalized spacial score (nSPS) is 13.3. The highest BCUT2D eigenvalue weighted by molar-refractivity contribution is 5.66. The number of alkyl halides is 3. The quantitative estimate of drug-likeness (QED) is 0.669. The molecule has 136 valence electrons. The van der Waals surface area contributed by atoms with Crippen molar-refractivity contribution in [2.45, 2.75) is 25.6 Å². The summed E-state index contributed by atoms with van der Waals surface area (Å²) in [6.07, 6.45) is -1.89. The maximum atomic E-state index is 12.5. The smallest absolute Gasteiger partial charge is 0.406 e. The predicted molar refractivity (Wildman–Crippen MR) is 88.6 cm³/mol. The zero-order valence-corrected chi connectivity index (χ0v) is 13.9. The summed E-state index contributed by atoms with van der Waals surface area (Å²) in [5, 5.41) is 13.0. The van der Waals surface area contributed by atoms with E-state index in [1.54, 1.807) is 6.07 Å². The third-order valence-corrected chi connectivity index (χ3v) is 4.33. The zero-order valence-electron chi connectivity index (χ0n) is 13.9. The number of halogens is 3. The van der Waals surface area contributed by atoms with Gasteiger partial charge in [0.1, 0.15) is 5.75 Å². The number of nitrogens with zero attached hydrogens (tertiary/aromatic N) is 3. The lowest BCUT2D eigenvalue weighted by Crippen LogP contribution is -2.17. The minimum absolute atomic E-state index is 0.00731. The van der Waals surface area contributed by atoms with Gasteiger partial charge < -0.3 is 9.26 Å². The SMILES string of the molecule is N#Cc1cc(OC(F)(F)F)cc(-c2nc(-c3cccc4c3CCC4)no2)c1. The first-order valence-electron chi connectivity index (χ1n) is 8.19. The minimum Gasteiger partial charge on any atom is -0.406 e. The topological polar surface area (TPSA) is 71.9 Å². The van der Waals surface area contributed by atoms with Gasteiger partial charge in [0.15, 0.2) is 0 Å². The van der Waals surface area contributed by atoms with Crippen LogP contribution in [-0.4, -0.2) is 16.5 Å². The average molecular weight is 371 g/mol. The van der Waals surface area contributed by atoms with E-state index >= 15 is 0 Å². The summed E-state index contributed by atoms with van der Waals surface area (Å²) >= 11 is 0. The second kappa shape index (κ2) is 6.43. The largest absolute Gasteiger partial charge is 0.573 e. The Morgan fingerprint density at radius 3 is 2.78 bits per heavy atom. The Labute approximate surface area is 152 Å². The van der Waals surface area contributed by atoms with Crippen LogP contribution in [0.4, 0.5) is 13.2 Å². The first kappa shape index (κ1) is 17.1. The van der Waals surface area contributed by atoms with E-state index in [1.807, 2.05) is 12.1 Å².